The van der Waals surface area contributed by atoms with E-state index in [9.17, 15) is 4.79 Å². The van der Waals surface area contributed by atoms with E-state index in [1.165, 1.54) is 0 Å². The van der Waals surface area contributed by atoms with Gasteiger partial charge in [0.1, 0.15) is 0 Å². The van der Waals surface area contributed by atoms with Gasteiger partial charge in [-0.05, 0) is 44.4 Å². The third-order valence-corrected chi connectivity index (χ3v) is 5.46. The summed E-state index contributed by atoms with van der Waals surface area (Å²) in [5, 5.41) is 11.7. The van der Waals surface area contributed by atoms with Gasteiger partial charge in [-0.1, -0.05) is 41.9 Å². The highest BCUT2D eigenvalue weighted by molar-refractivity contribution is 6.34. The van der Waals surface area contributed by atoms with Crippen molar-refractivity contribution in [3.05, 3.63) is 47.5 Å². The average Bonchev–Trinajstić information content (AvgIpc) is 3.17. The molecule has 1 aliphatic heterocycles. The Labute approximate surface area is 157 Å². The van der Waals surface area contributed by atoms with E-state index >= 15 is 0 Å². The molecule has 2 aromatic carbocycles. The maximum atomic E-state index is 12.7. The van der Waals surface area contributed by atoms with Crippen LogP contribution in [0.4, 0.5) is 10.6 Å². The van der Waals surface area contributed by atoms with Crippen LogP contribution in [0.2, 0.25) is 5.02 Å². The quantitative estimate of drug-likeness (QED) is 0.645. The molecule has 1 fully saturated rings. The summed E-state index contributed by atoms with van der Waals surface area (Å²) in [5.74, 6) is 0.533. The van der Waals surface area contributed by atoms with Crippen molar-refractivity contribution in [2.24, 2.45) is 0 Å². The molecule has 0 spiro atoms. The second-order valence-electron chi connectivity index (χ2n) is 6.93. The molecule has 2 amide bonds. The molecule has 134 valence electrons. The molecule has 1 saturated heterocycles. The Morgan fingerprint density at radius 2 is 1.88 bits per heavy atom. The summed E-state index contributed by atoms with van der Waals surface area (Å²) in [6.45, 7) is 4.16. The first-order valence-corrected chi connectivity index (χ1v) is 9.24. The number of urea groups is 1. The van der Waals surface area contributed by atoms with Crippen LogP contribution in [0.25, 0.3) is 22.0 Å². The van der Waals surface area contributed by atoms with Crippen molar-refractivity contribution in [3.63, 3.8) is 0 Å². The SMILES string of the molecule is CC1CCC(C)N1C(=O)Nc1n[nH]c2cc(Cl)c(-c3ccccc3)cc12. The molecular formula is C20H21ClN4O. The summed E-state index contributed by atoms with van der Waals surface area (Å²) < 4.78 is 0. The van der Waals surface area contributed by atoms with Crippen LogP contribution in [0.5, 0.6) is 0 Å². The van der Waals surface area contributed by atoms with E-state index in [0.29, 0.717) is 10.8 Å². The summed E-state index contributed by atoms with van der Waals surface area (Å²) >= 11 is 6.45. The maximum absolute atomic E-state index is 12.7. The molecule has 0 saturated carbocycles. The lowest BCUT2D eigenvalue weighted by atomic mass is 10.0. The van der Waals surface area contributed by atoms with Crippen LogP contribution in [0, 0.1) is 0 Å². The van der Waals surface area contributed by atoms with Crippen LogP contribution in [0.3, 0.4) is 0 Å². The molecule has 6 heteroatoms. The van der Waals surface area contributed by atoms with Gasteiger partial charge < -0.3 is 4.90 Å². The molecule has 2 N–H and O–H groups in total. The number of hydrogen-bond acceptors (Lipinski definition) is 2. The van der Waals surface area contributed by atoms with Crippen molar-refractivity contribution < 1.29 is 4.79 Å². The number of carbonyl (C=O) groups excluding carboxylic acids is 1. The van der Waals surface area contributed by atoms with Gasteiger partial charge in [0.2, 0.25) is 0 Å². The molecule has 2 unspecified atom stereocenters. The molecule has 5 nitrogen and oxygen atoms in total. The van der Waals surface area contributed by atoms with Crippen molar-refractivity contribution in [2.45, 2.75) is 38.8 Å². The number of benzene rings is 2. The van der Waals surface area contributed by atoms with Gasteiger partial charge in [-0.2, -0.15) is 5.10 Å². The first kappa shape index (κ1) is 16.9. The summed E-state index contributed by atoms with van der Waals surface area (Å²) in [5.41, 5.74) is 2.74. The van der Waals surface area contributed by atoms with Crippen molar-refractivity contribution in [1.29, 1.82) is 0 Å². The Morgan fingerprint density at radius 1 is 1.19 bits per heavy atom. The first-order chi connectivity index (χ1) is 12.5. The number of rotatable bonds is 2. The summed E-state index contributed by atoms with van der Waals surface area (Å²) in [6, 6.07) is 14.1. The van der Waals surface area contributed by atoms with Gasteiger partial charge in [-0.25, -0.2) is 4.79 Å². The van der Waals surface area contributed by atoms with Crippen LogP contribution >= 0.6 is 11.6 Å². The molecule has 2 heterocycles. The number of fused-ring (bicyclic) bond motifs is 1. The highest BCUT2D eigenvalue weighted by atomic mass is 35.5. The van der Waals surface area contributed by atoms with E-state index in [0.717, 1.165) is 34.9 Å². The van der Waals surface area contributed by atoms with Gasteiger partial charge >= 0.3 is 6.03 Å². The largest absolute Gasteiger partial charge is 0.323 e. The fourth-order valence-corrected chi connectivity index (χ4v) is 4.01. The van der Waals surface area contributed by atoms with E-state index in [4.69, 9.17) is 11.6 Å². The van der Waals surface area contributed by atoms with Gasteiger partial charge in [0.25, 0.3) is 0 Å². The fraction of sp³-hybridized carbons (Fsp3) is 0.300. The standard InChI is InChI=1S/C20H21ClN4O/c1-12-8-9-13(2)25(12)20(26)22-19-16-10-15(14-6-4-3-5-7-14)17(21)11-18(16)23-24-19/h3-7,10-13H,8-9H2,1-2H3,(H2,22,23,24,26). The normalized spacial score (nSPS) is 19.9. The van der Waals surface area contributed by atoms with Gasteiger partial charge in [0.05, 0.1) is 10.5 Å². The smallest absolute Gasteiger partial charge is 0.319 e. The number of amides is 2. The Bertz CT molecular complexity index is 943. The minimum atomic E-state index is -0.105. The third kappa shape index (κ3) is 2.92. The zero-order chi connectivity index (χ0) is 18.3. The van der Waals surface area contributed by atoms with Gasteiger partial charge in [0.15, 0.2) is 5.82 Å². The molecule has 3 aromatic rings. The van der Waals surface area contributed by atoms with Crippen LogP contribution in [-0.2, 0) is 0 Å². The Kier molecular flexibility index (Phi) is 4.32. The van der Waals surface area contributed by atoms with E-state index in [1.54, 1.807) is 0 Å². The Morgan fingerprint density at radius 3 is 2.58 bits per heavy atom. The van der Waals surface area contributed by atoms with Crippen LogP contribution in [0.1, 0.15) is 26.7 Å². The first-order valence-electron chi connectivity index (χ1n) is 8.87. The van der Waals surface area contributed by atoms with Crippen LogP contribution in [0.15, 0.2) is 42.5 Å². The lowest BCUT2D eigenvalue weighted by Gasteiger charge is -2.26. The number of halogens is 1. The number of anilines is 1. The van der Waals surface area contributed by atoms with Crippen LogP contribution < -0.4 is 5.32 Å². The van der Waals surface area contributed by atoms with Crippen molar-refractivity contribution >= 4 is 34.4 Å². The molecule has 26 heavy (non-hydrogen) atoms. The highest BCUT2D eigenvalue weighted by Gasteiger charge is 2.31. The predicted octanol–water partition coefficient (Wildman–Crippen LogP) is 5.29. The van der Waals surface area contributed by atoms with Gasteiger partial charge in [-0.3, -0.25) is 10.4 Å². The van der Waals surface area contributed by atoms with E-state index in [-0.39, 0.29) is 18.1 Å². The number of hydrogen-bond donors (Lipinski definition) is 2. The Hall–Kier alpha value is -2.53. The highest BCUT2D eigenvalue weighted by Crippen LogP contribution is 2.34. The Balaban J connectivity index is 1.69. The van der Waals surface area contributed by atoms with Crippen molar-refractivity contribution in [1.82, 2.24) is 15.1 Å². The van der Waals surface area contributed by atoms with Gasteiger partial charge in [-0.15, -0.1) is 0 Å². The van der Waals surface area contributed by atoms with E-state index in [2.05, 4.69) is 29.4 Å². The zero-order valence-corrected chi connectivity index (χ0v) is 15.5. The molecule has 0 radical (unpaired) electrons. The maximum Gasteiger partial charge on any atom is 0.323 e. The molecule has 2 atom stereocenters. The molecular weight excluding hydrogens is 348 g/mol. The van der Waals surface area contributed by atoms with E-state index in [1.807, 2.05) is 47.4 Å². The lowest BCUT2D eigenvalue weighted by molar-refractivity contribution is 0.194. The average molecular weight is 369 g/mol. The second kappa shape index (κ2) is 6.65. The lowest BCUT2D eigenvalue weighted by Crippen LogP contribution is -2.41. The number of aromatic amines is 1. The number of nitrogens with one attached hydrogen (secondary N) is 2. The zero-order valence-electron chi connectivity index (χ0n) is 14.8. The molecule has 0 aliphatic carbocycles. The third-order valence-electron chi connectivity index (χ3n) is 5.15. The predicted molar refractivity (Wildman–Crippen MR) is 106 cm³/mol. The van der Waals surface area contributed by atoms with Crippen molar-refractivity contribution in [2.75, 3.05) is 5.32 Å². The summed E-state index contributed by atoms with van der Waals surface area (Å²) in [7, 11) is 0. The summed E-state index contributed by atoms with van der Waals surface area (Å²) in [6.07, 6.45) is 2.06. The molecule has 4 rings (SSSR count). The number of aromatic nitrogens is 2. The fourth-order valence-electron chi connectivity index (χ4n) is 3.73. The minimum absolute atomic E-state index is 0.105. The van der Waals surface area contributed by atoms with Crippen LogP contribution in [-0.4, -0.2) is 33.2 Å². The number of nitrogens with zero attached hydrogens (tertiary/aromatic N) is 2. The number of carbonyl (C=O) groups is 1. The molecule has 0 bridgehead atoms. The number of likely N-dealkylation sites (tertiary alicyclic amines) is 1. The molecule has 1 aliphatic rings. The van der Waals surface area contributed by atoms with E-state index < -0.39 is 0 Å². The van der Waals surface area contributed by atoms with Gasteiger partial charge in [0, 0.05) is 23.0 Å². The van der Waals surface area contributed by atoms with Crippen molar-refractivity contribution in [3.8, 4) is 11.1 Å². The summed E-state index contributed by atoms with van der Waals surface area (Å²) in [4.78, 5) is 14.6. The minimum Gasteiger partial charge on any atom is -0.319 e. The number of H-pyrrole nitrogens is 1. The monoisotopic (exact) mass is 368 g/mol. The second-order valence-corrected chi connectivity index (χ2v) is 7.34. The topological polar surface area (TPSA) is 61.0 Å². The molecule has 1 aromatic heterocycles.